The zero-order chi connectivity index (χ0) is 17.4. The number of anilines is 1. The van der Waals surface area contributed by atoms with Gasteiger partial charge < -0.3 is 10.1 Å². The van der Waals surface area contributed by atoms with E-state index in [1.54, 1.807) is 0 Å². The monoisotopic (exact) mass is 326 g/mol. The molecule has 1 aliphatic rings. The van der Waals surface area contributed by atoms with E-state index in [-0.39, 0.29) is 23.3 Å². The molecule has 0 radical (unpaired) electrons. The number of rotatable bonds is 3. The molecule has 1 aromatic carbocycles. The molecule has 1 N–H and O–H groups in total. The fourth-order valence-corrected chi connectivity index (χ4v) is 3.03. The van der Waals surface area contributed by atoms with Crippen LogP contribution in [-0.4, -0.2) is 21.8 Å². The van der Waals surface area contributed by atoms with Crippen LogP contribution in [0.3, 0.4) is 0 Å². The Hall–Kier alpha value is -3.01. The molecule has 7 nitrogen and oxygen atoms in total. The van der Waals surface area contributed by atoms with Crippen molar-refractivity contribution in [2.75, 3.05) is 11.9 Å². The molecular formula is C17H18N4O3. The highest BCUT2D eigenvalue weighted by Gasteiger charge is 2.30. The summed E-state index contributed by atoms with van der Waals surface area (Å²) in [6.07, 6.45) is 0. The number of nitrogens with one attached hydrogen (secondary N) is 1. The van der Waals surface area contributed by atoms with Crippen LogP contribution in [0.25, 0.3) is 0 Å². The maximum atomic E-state index is 12.2. The normalized spacial score (nSPS) is 16.8. The van der Waals surface area contributed by atoms with E-state index in [2.05, 4.69) is 5.32 Å². The van der Waals surface area contributed by atoms with Gasteiger partial charge in [0.25, 0.3) is 5.56 Å². The molecule has 7 heteroatoms. The number of fused-ring (bicyclic) bond motifs is 1. The first-order valence-corrected chi connectivity index (χ1v) is 7.64. The zero-order valence-electron chi connectivity index (χ0n) is 13.7. The van der Waals surface area contributed by atoms with Crippen LogP contribution in [0.15, 0.2) is 33.9 Å². The van der Waals surface area contributed by atoms with Gasteiger partial charge in [-0.15, -0.1) is 0 Å². The summed E-state index contributed by atoms with van der Waals surface area (Å²) in [7, 11) is 2.90. The first-order chi connectivity index (χ1) is 11.5. The van der Waals surface area contributed by atoms with Crippen molar-refractivity contribution >= 4 is 5.82 Å². The van der Waals surface area contributed by atoms with Crippen molar-refractivity contribution in [2.24, 2.45) is 14.1 Å². The quantitative estimate of drug-likeness (QED) is 0.906. The van der Waals surface area contributed by atoms with Gasteiger partial charge in [-0.25, -0.2) is 4.79 Å². The van der Waals surface area contributed by atoms with Gasteiger partial charge in [0.2, 0.25) is 0 Å². The van der Waals surface area contributed by atoms with Crippen LogP contribution in [0, 0.1) is 11.3 Å². The van der Waals surface area contributed by atoms with Gasteiger partial charge in [-0.1, -0.05) is 18.2 Å². The first kappa shape index (κ1) is 15.9. The van der Waals surface area contributed by atoms with Crippen LogP contribution < -0.4 is 21.3 Å². The second-order valence-corrected chi connectivity index (χ2v) is 5.93. The van der Waals surface area contributed by atoms with Gasteiger partial charge in [-0.05, 0) is 13.0 Å². The molecule has 0 bridgehead atoms. The summed E-state index contributed by atoms with van der Waals surface area (Å²) >= 11 is 0. The number of para-hydroxylation sites is 1. The average Bonchev–Trinajstić information content (AvgIpc) is 3.02. The molecule has 0 saturated carbocycles. The lowest BCUT2D eigenvalue weighted by atomic mass is 9.94. The molecule has 24 heavy (non-hydrogen) atoms. The summed E-state index contributed by atoms with van der Waals surface area (Å²) in [6.45, 7) is 2.45. The lowest BCUT2D eigenvalue weighted by Crippen LogP contribution is -2.41. The fraction of sp³-hybridized carbons (Fsp3) is 0.353. The highest BCUT2D eigenvalue weighted by Crippen LogP contribution is 2.36. The molecule has 2 aromatic rings. The Morgan fingerprint density at radius 2 is 2.00 bits per heavy atom. The molecule has 0 aliphatic carbocycles. The molecule has 0 amide bonds. The zero-order valence-corrected chi connectivity index (χ0v) is 13.7. The van der Waals surface area contributed by atoms with Crippen LogP contribution in [0.4, 0.5) is 5.82 Å². The second kappa shape index (κ2) is 5.89. The Bertz CT molecular complexity index is 952. The van der Waals surface area contributed by atoms with Crippen molar-refractivity contribution in [2.45, 2.75) is 18.9 Å². The summed E-state index contributed by atoms with van der Waals surface area (Å²) in [5.74, 6) is 1.14. The summed E-state index contributed by atoms with van der Waals surface area (Å²) in [5, 5.41) is 12.5. The summed E-state index contributed by atoms with van der Waals surface area (Å²) < 4.78 is 7.91. The van der Waals surface area contributed by atoms with Gasteiger partial charge in [-0.2, -0.15) is 5.26 Å². The smallest absolute Gasteiger partial charge is 0.332 e. The highest BCUT2D eigenvalue weighted by molar-refractivity contribution is 5.53. The molecule has 1 aliphatic heterocycles. The van der Waals surface area contributed by atoms with Crippen LogP contribution in [0.2, 0.25) is 0 Å². The van der Waals surface area contributed by atoms with Gasteiger partial charge in [0.15, 0.2) is 5.56 Å². The van der Waals surface area contributed by atoms with Crippen LogP contribution in [0.5, 0.6) is 5.75 Å². The second-order valence-electron chi connectivity index (χ2n) is 5.93. The van der Waals surface area contributed by atoms with Crippen LogP contribution >= 0.6 is 0 Å². The van der Waals surface area contributed by atoms with E-state index in [1.807, 2.05) is 37.3 Å². The summed E-state index contributed by atoms with van der Waals surface area (Å²) in [5.41, 5.74) is -0.0707. The lowest BCUT2D eigenvalue weighted by Gasteiger charge is -2.23. The Kier molecular flexibility index (Phi) is 3.89. The third-order valence-corrected chi connectivity index (χ3v) is 4.48. The Morgan fingerprint density at radius 3 is 2.71 bits per heavy atom. The van der Waals surface area contributed by atoms with Gasteiger partial charge >= 0.3 is 5.69 Å². The highest BCUT2D eigenvalue weighted by atomic mass is 16.5. The summed E-state index contributed by atoms with van der Waals surface area (Å²) in [4.78, 5) is 24.3. The molecule has 3 rings (SSSR count). The number of ether oxygens (including phenoxy) is 1. The first-order valence-electron chi connectivity index (χ1n) is 7.64. The molecule has 1 aromatic heterocycles. The average molecular weight is 326 g/mol. The van der Waals surface area contributed by atoms with E-state index in [0.29, 0.717) is 6.61 Å². The third-order valence-electron chi connectivity index (χ3n) is 4.48. The molecule has 2 heterocycles. The van der Waals surface area contributed by atoms with E-state index >= 15 is 0 Å². The Labute approximate surface area is 138 Å². The van der Waals surface area contributed by atoms with E-state index in [0.717, 1.165) is 15.9 Å². The molecule has 124 valence electrons. The minimum atomic E-state index is -0.599. The maximum Gasteiger partial charge on any atom is 0.332 e. The van der Waals surface area contributed by atoms with Crippen molar-refractivity contribution in [1.29, 1.82) is 5.26 Å². The number of aromatic nitrogens is 2. The molecule has 2 atom stereocenters. The van der Waals surface area contributed by atoms with Crippen molar-refractivity contribution < 1.29 is 4.74 Å². The van der Waals surface area contributed by atoms with E-state index < -0.39 is 11.2 Å². The number of benzene rings is 1. The van der Waals surface area contributed by atoms with Crippen LogP contribution in [0.1, 0.15) is 24.0 Å². The van der Waals surface area contributed by atoms with Crippen molar-refractivity contribution in [3.63, 3.8) is 0 Å². The minimum absolute atomic E-state index is 0.0619. The fourth-order valence-electron chi connectivity index (χ4n) is 3.03. The third kappa shape index (κ3) is 2.36. The van der Waals surface area contributed by atoms with Crippen molar-refractivity contribution in [3.8, 4) is 11.8 Å². The standard InChI is InChI=1S/C17H18N4O3/c1-10(13-9-24-14-7-5-4-6-11(13)14)19-15-12(8-18)16(22)21(3)17(23)20(15)2/h4-7,10,13,19H,9H2,1-3H3/t10-,13+/m1/s1. The van der Waals surface area contributed by atoms with E-state index in [9.17, 15) is 14.9 Å². The molecule has 0 spiro atoms. The van der Waals surface area contributed by atoms with E-state index in [4.69, 9.17) is 4.74 Å². The van der Waals surface area contributed by atoms with Crippen LogP contribution in [-0.2, 0) is 14.1 Å². The number of hydrogen-bond acceptors (Lipinski definition) is 5. The molecule has 0 fully saturated rings. The minimum Gasteiger partial charge on any atom is -0.493 e. The largest absolute Gasteiger partial charge is 0.493 e. The number of hydrogen-bond donors (Lipinski definition) is 1. The van der Waals surface area contributed by atoms with Gasteiger partial charge in [-0.3, -0.25) is 13.9 Å². The van der Waals surface area contributed by atoms with E-state index in [1.165, 1.54) is 18.7 Å². The maximum absolute atomic E-state index is 12.2. The van der Waals surface area contributed by atoms with Gasteiger partial charge in [0.05, 0.1) is 6.61 Å². The number of nitriles is 1. The molecule has 0 saturated heterocycles. The predicted octanol–water partition coefficient (Wildman–Crippen LogP) is 0.932. The van der Waals surface area contributed by atoms with Gasteiger partial charge in [0, 0.05) is 31.6 Å². The van der Waals surface area contributed by atoms with Crippen molar-refractivity contribution in [1.82, 2.24) is 9.13 Å². The molecule has 0 unspecified atom stereocenters. The Morgan fingerprint density at radius 1 is 1.29 bits per heavy atom. The Balaban J connectivity index is 2.00. The SMILES string of the molecule is C[C@@H](Nc1c(C#N)c(=O)n(C)c(=O)n1C)[C@@H]1COc2ccccc21. The van der Waals surface area contributed by atoms with Crippen molar-refractivity contribution in [3.05, 3.63) is 56.2 Å². The molecular weight excluding hydrogens is 308 g/mol. The lowest BCUT2D eigenvalue weighted by molar-refractivity contribution is 0.321. The van der Waals surface area contributed by atoms with Gasteiger partial charge in [0.1, 0.15) is 17.6 Å². The summed E-state index contributed by atoms with van der Waals surface area (Å²) in [6, 6.07) is 9.55. The predicted molar refractivity (Wildman–Crippen MR) is 89.4 cm³/mol. The topological polar surface area (TPSA) is 89.0 Å². The number of nitrogens with zero attached hydrogens (tertiary/aromatic N) is 3.